The molecule has 12 heteroatoms. The number of anilines is 1. The summed E-state index contributed by atoms with van der Waals surface area (Å²) < 4.78 is 44.7. The predicted octanol–water partition coefficient (Wildman–Crippen LogP) is 4.79. The number of urea groups is 1. The van der Waals surface area contributed by atoms with E-state index in [0.29, 0.717) is 6.54 Å². The van der Waals surface area contributed by atoms with E-state index in [-0.39, 0.29) is 11.6 Å². The van der Waals surface area contributed by atoms with E-state index in [1.165, 1.54) is 40.7 Å². The molecule has 0 fully saturated rings. The average Bonchev–Trinajstić information content (AvgIpc) is 3.38. The highest BCUT2D eigenvalue weighted by Gasteiger charge is 2.30. The molecule has 0 spiro atoms. The molecule has 158 valence electrons. The van der Waals surface area contributed by atoms with Crippen LogP contribution in [0.25, 0.3) is 15.8 Å². The van der Waals surface area contributed by atoms with Crippen molar-refractivity contribution >= 4 is 28.9 Å². The van der Waals surface area contributed by atoms with Gasteiger partial charge in [-0.1, -0.05) is 18.2 Å². The van der Waals surface area contributed by atoms with Crippen LogP contribution in [-0.2, 0) is 12.7 Å². The highest BCUT2D eigenvalue weighted by Crippen LogP contribution is 2.31. The molecule has 4 rings (SSSR count). The van der Waals surface area contributed by atoms with Crippen LogP contribution in [0.3, 0.4) is 0 Å². The lowest BCUT2D eigenvalue weighted by atomic mass is 10.2. The molecule has 1 aromatic carbocycles. The van der Waals surface area contributed by atoms with Gasteiger partial charge < -0.3 is 15.2 Å². The maximum atomic E-state index is 12.8. The number of hydrogen-bond donors (Lipinski definition) is 1. The number of benzene rings is 1. The Morgan fingerprint density at radius 3 is 2.81 bits per heavy atom. The maximum Gasteiger partial charge on any atom is 0.416 e. The molecule has 0 saturated carbocycles. The third-order valence-corrected chi connectivity index (χ3v) is 5.02. The molecule has 0 aliphatic rings. The normalized spacial score (nSPS) is 11.3. The molecule has 3 aromatic heterocycles. The first kappa shape index (κ1) is 20.5. The van der Waals surface area contributed by atoms with Crippen LogP contribution >= 0.6 is 11.3 Å². The van der Waals surface area contributed by atoms with Crippen molar-refractivity contribution in [3.63, 3.8) is 0 Å². The van der Waals surface area contributed by atoms with E-state index >= 15 is 0 Å². The van der Waals surface area contributed by atoms with Gasteiger partial charge in [0.1, 0.15) is 6.33 Å². The van der Waals surface area contributed by atoms with Crippen LogP contribution in [0.2, 0.25) is 0 Å². The quantitative estimate of drug-likeness (QED) is 0.445. The second-order valence-corrected chi connectivity index (χ2v) is 7.22. The van der Waals surface area contributed by atoms with Crippen LogP contribution in [0.4, 0.5) is 29.5 Å². The van der Waals surface area contributed by atoms with E-state index in [4.69, 9.17) is 4.52 Å². The zero-order valence-electron chi connectivity index (χ0n) is 15.6. The second kappa shape index (κ2) is 8.52. The topological polar surface area (TPSA) is 98.9 Å². The third kappa shape index (κ3) is 5.22. The lowest BCUT2D eigenvalue weighted by Crippen LogP contribution is -2.34. The molecule has 0 aliphatic heterocycles. The van der Waals surface area contributed by atoms with Gasteiger partial charge in [-0.2, -0.15) is 13.2 Å². The Kier molecular flexibility index (Phi) is 5.62. The van der Waals surface area contributed by atoms with Crippen LogP contribution in [0.5, 0.6) is 0 Å². The van der Waals surface area contributed by atoms with Crippen molar-refractivity contribution in [1.29, 1.82) is 0 Å². The van der Waals surface area contributed by atoms with Gasteiger partial charge in [-0.25, -0.2) is 9.97 Å². The van der Waals surface area contributed by atoms with Crippen molar-refractivity contribution in [2.24, 2.45) is 0 Å². The molecule has 8 nitrogen and oxygen atoms in total. The van der Waals surface area contributed by atoms with Crippen LogP contribution in [0.1, 0.15) is 11.1 Å². The summed E-state index contributed by atoms with van der Waals surface area (Å²) >= 11 is 1.52. The van der Waals surface area contributed by atoms with E-state index in [2.05, 4.69) is 25.9 Å². The number of carbonyl (C=O) groups excluding carboxylic acids is 1. The van der Waals surface area contributed by atoms with Crippen molar-refractivity contribution in [2.75, 3.05) is 5.32 Å². The first-order chi connectivity index (χ1) is 14.9. The molecule has 4 aromatic rings. The summed E-state index contributed by atoms with van der Waals surface area (Å²) in [4.78, 5) is 21.0. The van der Waals surface area contributed by atoms with E-state index in [1.54, 1.807) is 12.4 Å². The van der Waals surface area contributed by atoms with Crippen molar-refractivity contribution in [2.45, 2.75) is 12.7 Å². The van der Waals surface area contributed by atoms with Crippen molar-refractivity contribution in [1.82, 2.24) is 15.2 Å². The Bertz CT molecular complexity index is 1190. The highest BCUT2D eigenvalue weighted by molar-refractivity contribution is 7.13. The molecule has 2 amide bonds. The number of nitrogens with zero attached hydrogens (tertiary/aromatic N) is 5. The number of nitrogens with one attached hydrogen (secondary N) is 1. The maximum absolute atomic E-state index is 12.8. The Hall–Kier alpha value is -3.80. The van der Waals surface area contributed by atoms with E-state index in [0.717, 1.165) is 28.1 Å². The molecule has 0 atom stereocenters. The molecular weight excluding hydrogens is 433 g/mol. The smallest absolute Gasteiger partial charge is 0.416 e. The van der Waals surface area contributed by atoms with Crippen LogP contribution in [0.15, 0.2) is 65.2 Å². The summed E-state index contributed by atoms with van der Waals surface area (Å²) in [6.45, 7) is 0.373. The summed E-state index contributed by atoms with van der Waals surface area (Å²) in [5.41, 5.74) is 0.930. The minimum Gasteiger partial charge on any atom is -0.424 e. The van der Waals surface area contributed by atoms with Gasteiger partial charge in [0.05, 0.1) is 5.56 Å². The minimum absolute atomic E-state index is 0.0355. The summed E-state index contributed by atoms with van der Waals surface area (Å²) in [7, 11) is 0. The number of hydrogen-bond acceptors (Lipinski definition) is 6. The number of rotatable bonds is 5. The number of alkyl halides is 3. The van der Waals surface area contributed by atoms with Gasteiger partial charge in [0.25, 0.3) is 0 Å². The second-order valence-electron chi connectivity index (χ2n) is 6.30. The van der Waals surface area contributed by atoms with Crippen molar-refractivity contribution in [3.05, 3.63) is 77.1 Å². The fourth-order valence-electron chi connectivity index (χ4n) is 2.64. The standard InChI is InChI=1S/C19H13F3N6O2S/c20-19(21,22)14-2-1-3-15(5-14)25-18(29)26-17-9-28(27-30-17)8-12-4-16(31-10-12)13-6-23-11-24-7-13/h1-7,9-11H,8H2,(H-,25,26,27,29). The molecular formula is C19H13F3N6O2S. The summed E-state index contributed by atoms with van der Waals surface area (Å²) in [5.74, 6) is -0.0867. The number of aromatic nitrogens is 4. The molecule has 31 heavy (non-hydrogen) atoms. The van der Waals surface area contributed by atoms with Gasteiger partial charge in [-0.3, -0.25) is 4.79 Å². The molecule has 3 heterocycles. The van der Waals surface area contributed by atoms with Crippen LogP contribution in [0, 0.1) is 0 Å². The monoisotopic (exact) mass is 446 g/mol. The van der Waals surface area contributed by atoms with E-state index in [1.807, 2.05) is 11.4 Å². The van der Waals surface area contributed by atoms with Crippen LogP contribution < -0.4 is 10.00 Å². The molecule has 0 bridgehead atoms. The van der Waals surface area contributed by atoms with Gasteiger partial charge in [0, 0.05) is 33.8 Å². The van der Waals surface area contributed by atoms with Crippen LogP contribution in [-0.4, -0.2) is 21.3 Å². The summed E-state index contributed by atoms with van der Waals surface area (Å²) in [6, 6.07) is 5.33. The minimum atomic E-state index is -4.51. The van der Waals surface area contributed by atoms with Gasteiger partial charge in [-0.05, 0) is 22.5 Å². The summed E-state index contributed by atoms with van der Waals surface area (Å²) in [5, 5.41) is 11.7. The zero-order chi connectivity index (χ0) is 21.8. The Morgan fingerprint density at radius 1 is 1.23 bits per heavy atom. The molecule has 0 radical (unpaired) electrons. The molecule has 0 aliphatic carbocycles. The number of amides is 2. The van der Waals surface area contributed by atoms with Gasteiger partial charge >= 0.3 is 6.18 Å². The van der Waals surface area contributed by atoms with Gasteiger partial charge in [0.2, 0.25) is 18.6 Å². The molecule has 0 saturated heterocycles. The molecule has 1 N–H and O–H groups in total. The number of thiophene rings is 1. The third-order valence-electron chi connectivity index (χ3n) is 4.00. The zero-order valence-corrected chi connectivity index (χ0v) is 16.4. The number of carbonyl (C=O) groups is 1. The Balaban J connectivity index is 1.36. The SMILES string of the molecule is O=C([N-]c1c[n+](Cc2csc(-c3cncnc3)c2)no1)Nc1cccc(C(F)(F)F)c1. The van der Waals surface area contributed by atoms with E-state index in [9.17, 15) is 18.0 Å². The number of halogens is 3. The average molecular weight is 446 g/mol. The van der Waals surface area contributed by atoms with Gasteiger partial charge in [-0.15, -0.1) is 11.3 Å². The molecule has 0 unspecified atom stereocenters. The Labute approximate surface area is 177 Å². The van der Waals surface area contributed by atoms with Crippen molar-refractivity contribution in [3.8, 4) is 10.4 Å². The van der Waals surface area contributed by atoms with E-state index < -0.39 is 17.8 Å². The first-order valence-corrected chi connectivity index (χ1v) is 9.64. The first-order valence-electron chi connectivity index (χ1n) is 8.76. The lowest BCUT2D eigenvalue weighted by molar-refractivity contribution is -0.754. The fourth-order valence-corrected chi connectivity index (χ4v) is 3.52. The predicted molar refractivity (Wildman–Crippen MR) is 105 cm³/mol. The fraction of sp³-hybridized carbons (Fsp3) is 0.105. The lowest BCUT2D eigenvalue weighted by Gasteiger charge is -2.15. The van der Waals surface area contributed by atoms with Gasteiger partial charge in [0.15, 0.2) is 11.3 Å². The van der Waals surface area contributed by atoms with Crippen molar-refractivity contribution < 1.29 is 27.2 Å². The highest BCUT2D eigenvalue weighted by atomic mass is 32.1. The Morgan fingerprint density at radius 2 is 2.03 bits per heavy atom. The summed E-state index contributed by atoms with van der Waals surface area (Å²) in [6.07, 6.45) is 1.78. The largest absolute Gasteiger partial charge is 0.424 e.